The summed E-state index contributed by atoms with van der Waals surface area (Å²) < 4.78 is 14.1. The van der Waals surface area contributed by atoms with Crippen molar-refractivity contribution in [3.8, 4) is 11.1 Å². The smallest absolute Gasteiger partial charge is 0.251 e. The minimum absolute atomic E-state index is 0.0400. The van der Waals surface area contributed by atoms with Gasteiger partial charge in [0.15, 0.2) is 0 Å². The van der Waals surface area contributed by atoms with E-state index in [2.05, 4.69) is 5.32 Å². The van der Waals surface area contributed by atoms with E-state index in [4.69, 9.17) is 5.73 Å². The van der Waals surface area contributed by atoms with E-state index < -0.39 is 17.6 Å². The topological polar surface area (TPSA) is 113 Å². The average Bonchev–Trinajstić information content (AvgIpc) is 3.32. The Morgan fingerprint density at radius 3 is 2.38 bits per heavy atom. The summed E-state index contributed by atoms with van der Waals surface area (Å²) in [4.78, 5) is 53.2. The second-order valence-electron chi connectivity index (χ2n) is 9.94. The molecule has 1 atom stereocenters. The van der Waals surface area contributed by atoms with Crippen LogP contribution >= 0.6 is 0 Å². The molecule has 1 unspecified atom stereocenters. The molecule has 0 radical (unpaired) electrons. The Kier molecular flexibility index (Phi) is 7.40. The highest BCUT2D eigenvalue weighted by molar-refractivity contribution is 6.02. The Morgan fingerprint density at radius 2 is 1.67 bits per heavy atom. The molecule has 0 aromatic heterocycles. The van der Waals surface area contributed by atoms with Crippen molar-refractivity contribution in [2.75, 3.05) is 29.4 Å². The van der Waals surface area contributed by atoms with Gasteiger partial charge in [-0.3, -0.25) is 19.2 Å². The molecule has 0 aliphatic carbocycles. The molecule has 2 aliphatic heterocycles. The number of nitrogens with two attached hydrogens (primary N) is 1. The van der Waals surface area contributed by atoms with Gasteiger partial charge in [-0.15, -0.1) is 0 Å². The van der Waals surface area contributed by atoms with Crippen LogP contribution in [0.4, 0.5) is 15.8 Å². The highest BCUT2D eigenvalue weighted by Gasteiger charge is 2.31. The van der Waals surface area contributed by atoms with Crippen molar-refractivity contribution >= 4 is 35.0 Å². The molecule has 8 nitrogen and oxygen atoms in total. The minimum Gasteiger partial charge on any atom is -0.366 e. The van der Waals surface area contributed by atoms with Gasteiger partial charge in [-0.05, 0) is 78.6 Å². The molecule has 3 aromatic carbocycles. The van der Waals surface area contributed by atoms with Crippen LogP contribution in [0.1, 0.15) is 46.4 Å². The minimum atomic E-state index is -0.621. The zero-order valence-electron chi connectivity index (χ0n) is 21.4. The van der Waals surface area contributed by atoms with E-state index in [1.807, 2.05) is 24.3 Å². The Bertz CT molecular complexity index is 1440. The number of piperidine rings is 1. The maximum atomic E-state index is 14.1. The van der Waals surface area contributed by atoms with Crippen molar-refractivity contribution in [1.82, 2.24) is 5.32 Å². The first-order valence-electron chi connectivity index (χ1n) is 13.0. The summed E-state index contributed by atoms with van der Waals surface area (Å²) in [5.41, 5.74) is 8.29. The number of hydrogen-bond donors (Lipinski definition) is 2. The molecule has 3 N–H and O–H groups in total. The number of hydrogen-bond acceptors (Lipinski definition) is 4. The van der Waals surface area contributed by atoms with Gasteiger partial charge in [-0.25, -0.2) is 4.39 Å². The lowest BCUT2D eigenvalue weighted by molar-refractivity contribution is -0.119. The number of rotatable bonds is 7. The Hall–Kier alpha value is -4.53. The number of nitrogens with zero attached hydrogens (tertiary/aromatic N) is 2. The van der Waals surface area contributed by atoms with Crippen LogP contribution in [-0.4, -0.2) is 43.3 Å². The molecule has 39 heavy (non-hydrogen) atoms. The molecule has 2 fully saturated rings. The number of halogens is 1. The Morgan fingerprint density at radius 1 is 0.923 bits per heavy atom. The SMILES string of the molecule is NC(=O)c1cccc(-c2cc(F)ccc2C(=O)NCC2CC(=O)N(c3ccc(N4CCCCC4=O)cc3)C2)c1. The molecule has 9 heteroatoms. The van der Waals surface area contributed by atoms with E-state index in [0.717, 1.165) is 24.2 Å². The first-order valence-corrected chi connectivity index (χ1v) is 13.0. The van der Waals surface area contributed by atoms with Crippen molar-refractivity contribution < 1.29 is 23.6 Å². The van der Waals surface area contributed by atoms with Crippen molar-refractivity contribution in [3.63, 3.8) is 0 Å². The van der Waals surface area contributed by atoms with Gasteiger partial charge in [0, 0.05) is 60.9 Å². The van der Waals surface area contributed by atoms with E-state index in [0.29, 0.717) is 30.6 Å². The number of primary amides is 1. The van der Waals surface area contributed by atoms with Crippen LogP contribution < -0.4 is 20.9 Å². The van der Waals surface area contributed by atoms with Crippen molar-refractivity contribution in [1.29, 1.82) is 0 Å². The third kappa shape index (κ3) is 5.67. The fourth-order valence-electron chi connectivity index (χ4n) is 5.18. The van der Waals surface area contributed by atoms with E-state index in [1.54, 1.807) is 28.0 Å². The van der Waals surface area contributed by atoms with Gasteiger partial charge in [-0.1, -0.05) is 12.1 Å². The summed E-state index contributed by atoms with van der Waals surface area (Å²) in [5.74, 6) is -1.57. The van der Waals surface area contributed by atoms with Gasteiger partial charge in [0.2, 0.25) is 17.7 Å². The van der Waals surface area contributed by atoms with Crippen LogP contribution in [-0.2, 0) is 9.59 Å². The summed E-state index contributed by atoms with van der Waals surface area (Å²) in [6.07, 6.45) is 2.73. The molecule has 4 amide bonds. The molecular weight excluding hydrogens is 499 g/mol. The lowest BCUT2D eigenvalue weighted by Crippen LogP contribution is -2.35. The van der Waals surface area contributed by atoms with E-state index in [1.165, 1.54) is 24.3 Å². The van der Waals surface area contributed by atoms with Crippen molar-refractivity contribution in [2.24, 2.45) is 11.7 Å². The van der Waals surface area contributed by atoms with Gasteiger partial charge in [-0.2, -0.15) is 0 Å². The Labute approximate surface area is 225 Å². The molecule has 0 saturated carbocycles. The lowest BCUT2D eigenvalue weighted by Gasteiger charge is -2.27. The summed E-state index contributed by atoms with van der Waals surface area (Å²) in [6, 6.07) is 17.7. The van der Waals surface area contributed by atoms with Gasteiger partial charge >= 0.3 is 0 Å². The third-order valence-corrected chi connectivity index (χ3v) is 7.24. The van der Waals surface area contributed by atoms with Gasteiger partial charge in [0.25, 0.3) is 5.91 Å². The van der Waals surface area contributed by atoms with Crippen LogP contribution in [0.15, 0.2) is 66.7 Å². The monoisotopic (exact) mass is 528 g/mol. The van der Waals surface area contributed by atoms with Crippen LogP contribution in [0, 0.1) is 11.7 Å². The van der Waals surface area contributed by atoms with Gasteiger partial charge < -0.3 is 20.9 Å². The fraction of sp³-hybridized carbons (Fsp3) is 0.267. The molecule has 5 rings (SSSR count). The third-order valence-electron chi connectivity index (χ3n) is 7.24. The number of carbonyl (C=O) groups is 4. The van der Waals surface area contributed by atoms with Crippen LogP contribution in [0.3, 0.4) is 0 Å². The predicted molar refractivity (Wildman–Crippen MR) is 146 cm³/mol. The summed E-state index contributed by atoms with van der Waals surface area (Å²) in [7, 11) is 0. The lowest BCUT2D eigenvalue weighted by atomic mass is 9.97. The molecule has 0 bridgehead atoms. The molecule has 0 spiro atoms. The number of nitrogens with one attached hydrogen (secondary N) is 1. The number of amides is 4. The van der Waals surface area contributed by atoms with Crippen molar-refractivity contribution in [3.05, 3.63) is 83.7 Å². The highest BCUT2D eigenvalue weighted by atomic mass is 19.1. The largest absolute Gasteiger partial charge is 0.366 e. The number of anilines is 2. The summed E-state index contributed by atoms with van der Waals surface area (Å²) in [6.45, 7) is 1.41. The normalized spacial score (nSPS) is 17.4. The average molecular weight is 529 g/mol. The standard InChI is InChI=1S/C30H29FN4O4/c31-22-7-12-25(26(16-22)20-4-3-5-21(15-20)29(32)38)30(39)33-17-19-14-28(37)35(18-19)24-10-8-23(9-11-24)34-13-2-1-6-27(34)36/h3-5,7-12,15-16,19H,1-2,6,13-14,17-18H2,(H2,32,38)(H,33,39). The second kappa shape index (κ2) is 11.1. The molecular formula is C30H29FN4O4. The van der Waals surface area contributed by atoms with E-state index in [9.17, 15) is 23.6 Å². The second-order valence-corrected chi connectivity index (χ2v) is 9.94. The van der Waals surface area contributed by atoms with E-state index in [-0.39, 0.29) is 41.8 Å². The zero-order valence-corrected chi connectivity index (χ0v) is 21.4. The van der Waals surface area contributed by atoms with E-state index >= 15 is 0 Å². The molecule has 2 aliphatic rings. The maximum absolute atomic E-state index is 14.1. The molecule has 2 heterocycles. The first-order chi connectivity index (χ1) is 18.8. The summed E-state index contributed by atoms with van der Waals surface area (Å²) in [5, 5.41) is 2.88. The molecule has 200 valence electrons. The zero-order chi connectivity index (χ0) is 27.5. The quantitative estimate of drug-likeness (QED) is 0.484. The fourth-order valence-corrected chi connectivity index (χ4v) is 5.18. The summed E-state index contributed by atoms with van der Waals surface area (Å²) >= 11 is 0. The number of carbonyl (C=O) groups excluding carboxylic acids is 4. The van der Waals surface area contributed by atoms with Crippen LogP contribution in [0.5, 0.6) is 0 Å². The van der Waals surface area contributed by atoms with Crippen molar-refractivity contribution in [2.45, 2.75) is 25.7 Å². The maximum Gasteiger partial charge on any atom is 0.251 e. The number of benzene rings is 3. The first kappa shape index (κ1) is 26.1. The molecule has 3 aromatic rings. The predicted octanol–water partition coefficient (Wildman–Crippen LogP) is 3.89. The molecule has 2 saturated heterocycles. The van der Waals surface area contributed by atoms with Gasteiger partial charge in [0.05, 0.1) is 0 Å². The Balaban J connectivity index is 1.25. The van der Waals surface area contributed by atoms with Crippen LogP contribution in [0.2, 0.25) is 0 Å². The van der Waals surface area contributed by atoms with Crippen LogP contribution in [0.25, 0.3) is 11.1 Å². The van der Waals surface area contributed by atoms with Gasteiger partial charge in [0.1, 0.15) is 5.82 Å². The highest BCUT2D eigenvalue weighted by Crippen LogP contribution is 2.29.